The molecule has 0 aliphatic carbocycles. The molecule has 1 aromatic carbocycles. The first-order valence-corrected chi connectivity index (χ1v) is 10.2. The molecule has 9 heteroatoms. The van der Waals surface area contributed by atoms with Crippen LogP contribution in [0.25, 0.3) is 0 Å². The first kappa shape index (κ1) is 20.6. The van der Waals surface area contributed by atoms with Gasteiger partial charge in [-0.25, -0.2) is 9.98 Å². The van der Waals surface area contributed by atoms with Crippen LogP contribution in [0.2, 0.25) is 0 Å². The fraction of sp³-hybridized carbons (Fsp3) is 0.318. The molecule has 0 bridgehead atoms. The second kappa shape index (κ2) is 8.63. The van der Waals surface area contributed by atoms with Gasteiger partial charge in [0.2, 0.25) is 6.29 Å². The van der Waals surface area contributed by atoms with Crippen molar-refractivity contribution in [3.63, 3.8) is 0 Å². The van der Waals surface area contributed by atoms with Gasteiger partial charge < -0.3 is 14.0 Å². The number of hydrogen-bond acceptors (Lipinski definition) is 7. The monoisotopic (exact) mass is 436 g/mol. The average molecular weight is 437 g/mol. The minimum absolute atomic E-state index is 0.0996. The number of terminal acetylenes is 2. The highest BCUT2D eigenvalue weighted by Gasteiger charge is 2.42. The van der Waals surface area contributed by atoms with Gasteiger partial charge in [0.25, 0.3) is 0 Å². The highest BCUT2D eigenvalue weighted by Crippen LogP contribution is 2.37. The summed E-state index contributed by atoms with van der Waals surface area (Å²) in [4.78, 5) is 11.1. The molecule has 158 valence electrons. The second-order valence-electron chi connectivity index (χ2n) is 6.67. The van der Waals surface area contributed by atoms with Crippen LogP contribution < -0.4 is 14.4 Å². The number of anilines is 1. The van der Waals surface area contributed by atoms with Gasteiger partial charge in [0.05, 0.1) is 6.33 Å². The van der Waals surface area contributed by atoms with Crippen LogP contribution in [0.1, 0.15) is 25.1 Å². The molecule has 0 spiro atoms. The number of hydrogen-bond donors (Lipinski definition) is 0. The summed E-state index contributed by atoms with van der Waals surface area (Å²) in [6, 6.07) is 5.53. The summed E-state index contributed by atoms with van der Waals surface area (Å²) in [5, 5.41) is 7.07. The molecule has 1 atom stereocenters. The zero-order valence-corrected chi connectivity index (χ0v) is 18.0. The number of imidazole rings is 1. The van der Waals surface area contributed by atoms with Gasteiger partial charge in [0.1, 0.15) is 24.7 Å². The van der Waals surface area contributed by atoms with Crippen molar-refractivity contribution in [2.75, 3.05) is 24.7 Å². The zero-order valence-electron chi connectivity index (χ0n) is 17.2. The number of halogens is 1. The Bertz CT molecular complexity index is 1140. The van der Waals surface area contributed by atoms with E-state index in [1.807, 2.05) is 40.5 Å². The van der Waals surface area contributed by atoms with E-state index in [1.54, 1.807) is 12.4 Å². The molecule has 1 aromatic heterocycles. The Morgan fingerprint density at radius 2 is 1.84 bits per heavy atom. The third-order valence-corrected chi connectivity index (χ3v) is 5.18. The first-order chi connectivity index (χ1) is 15.1. The Morgan fingerprint density at radius 1 is 1.10 bits per heavy atom. The van der Waals surface area contributed by atoms with E-state index in [4.69, 9.17) is 39.0 Å². The Balaban J connectivity index is 1.80. The number of aryl methyl sites for hydroxylation is 1. The summed E-state index contributed by atoms with van der Waals surface area (Å²) in [5.74, 6) is 7.47. The molecule has 31 heavy (non-hydrogen) atoms. The number of amidine groups is 1. The number of benzene rings is 1. The fourth-order valence-corrected chi connectivity index (χ4v) is 3.74. The van der Waals surface area contributed by atoms with Crippen LogP contribution in [0.4, 0.5) is 5.82 Å². The maximum Gasteiger partial charge on any atom is 0.222 e. The van der Waals surface area contributed by atoms with Crippen molar-refractivity contribution >= 4 is 28.4 Å². The number of nitrogens with zero attached hydrogens (tertiary/aromatic N) is 6. The minimum atomic E-state index is -0.394. The van der Waals surface area contributed by atoms with E-state index >= 15 is 0 Å². The number of fused-ring (bicyclic) bond motifs is 3. The molecule has 0 radical (unpaired) electrons. The summed E-state index contributed by atoms with van der Waals surface area (Å²) in [6.07, 6.45) is 12.1. The van der Waals surface area contributed by atoms with Crippen LogP contribution >= 0.6 is 11.6 Å². The molecule has 0 saturated heterocycles. The largest absolute Gasteiger partial charge is 0.477 e. The number of hydrazone groups is 1. The quantitative estimate of drug-likeness (QED) is 0.624. The Labute approximate surface area is 186 Å². The molecule has 8 nitrogen and oxygen atoms in total. The smallest absolute Gasteiger partial charge is 0.222 e. The summed E-state index contributed by atoms with van der Waals surface area (Å²) >= 11 is 6.45. The first-order valence-electron chi connectivity index (χ1n) is 9.83. The van der Waals surface area contributed by atoms with E-state index < -0.39 is 6.29 Å². The van der Waals surface area contributed by atoms with Crippen LogP contribution in [0.5, 0.6) is 11.5 Å². The van der Waals surface area contributed by atoms with Gasteiger partial charge in [-0.05, 0) is 32.0 Å². The lowest BCUT2D eigenvalue weighted by atomic mass is 10.1. The fourth-order valence-electron chi connectivity index (χ4n) is 3.51. The van der Waals surface area contributed by atoms with Gasteiger partial charge in [-0.15, -0.1) is 12.8 Å². The van der Waals surface area contributed by atoms with E-state index in [0.717, 1.165) is 17.9 Å². The van der Waals surface area contributed by atoms with Crippen LogP contribution in [0.15, 0.2) is 34.6 Å². The predicted octanol–water partition coefficient (Wildman–Crippen LogP) is 2.71. The van der Waals surface area contributed by atoms with E-state index in [9.17, 15) is 0 Å². The van der Waals surface area contributed by atoms with Crippen LogP contribution in [0, 0.1) is 24.7 Å². The van der Waals surface area contributed by atoms with Crippen molar-refractivity contribution in [3.8, 4) is 36.2 Å². The van der Waals surface area contributed by atoms with Crippen molar-refractivity contribution in [3.05, 3.63) is 35.8 Å². The molecular formula is C22H21ClN6O2. The molecule has 0 saturated carbocycles. The van der Waals surface area contributed by atoms with Crippen molar-refractivity contribution in [1.29, 1.82) is 0 Å². The van der Waals surface area contributed by atoms with E-state index in [1.165, 1.54) is 0 Å². The summed E-state index contributed by atoms with van der Waals surface area (Å²) in [5.41, 5.74) is 1.44. The van der Waals surface area contributed by atoms with Crippen molar-refractivity contribution < 1.29 is 9.47 Å². The zero-order chi connectivity index (χ0) is 22.0. The SMILES string of the molecule is C#CCOc1ccc(C2=NN(CC)C3N=C(Cl)c4ncn(CC)c4N23)cc1OCC#C. The topological polar surface area (TPSA) is 67.5 Å². The van der Waals surface area contributed by atoms with Crippen molar-refractivity contribution in [2.45, 2.75) is 26.7 Å². The van der Waals surface area contributed by atoms with Gasteiger partial charge in [-0.3, -0.25) is 9.91 Å². The van der Waals surface area contributed by atoms with Crippen LogP contribution in [-0.2, 0) is 6.54 Å². The van der Waals surface area contributed by atoms with Gasteiger partial charge >= 0.3 is 0 Å². The molecule has 0 fully saturated rings. The lowest BCUT2D eigenvalue weighted by Gasteiger charge is -2.32. The molecule has 0 N–H and O–H groups in total. The van der Waals surface area contributed by atoms with E-state index in [-0.39, 0.29) is 13.2 Å². The molecule has 0 amide bonds. The highest BCUT2D eigenvalue weighted by molar-refractivity contribution is 6.70. The lowest BCUT2D eigenvalue weighted by Crippen LogP contribution is -2.45. The third kappa shape index (κ3) is 3.56. The second-order valence-corrected chi connectivity index (χ2v) is 7.02. The van der Waals surface area contributed by atoms with Crippen molar-refractivity contribution in [1.82, 2.24) is 14.6 Å². The summed E-state index contributed by atoms with van der Waals surface area (Å²) in [6.45, 7) is 5.66. The number of aromatic nitrogens is 2. The summed E-state index contributed by atoms with van der Waals surface area (Å²) in [7, 11) is 0. The Kier molecular flexibility index (Phi) is 5.75. The minimum Gasteiger partial charge on any atom is -0.477 e. The molecule has 2 aromatic rings. The standard InChI is InChI=1S/C22H21ClN6O2/c1-5-11-30-16-10-9-15(13-17(16)31-12-6-2)20-26-28(8-4)22-25-19(23)18-21(29(20)22)27(7-3)14-24-18/h1-2,9-10,13-14,22H,7-8,11-12H2,3-4H3. The lowest BCUT2D eigenvalue weighted by molar-refractivity contribution is 0.249. The molecule has 2 aliphatic heterocycles. The highest BCUT2D eigenvalue weighted by atomic mass is 35.5. The average Bonchev–Trinajstić information content (AvgIpc) is 3.38. The maximum atomic E-state index is 6.45. The molecular weight excluding hydrogens is 416 g/mol. The third-order valence-electron chi connectivity index (χ3n) is 4.90. The maximum absolute atomic E-state index is 6.45. The van der Waals surface area contributed by atoms with Crippen LogP contribution in [0.3, 0.4) is 0 Å². The molecule has 2 aliphatic rings. The van der Waals surface area contributed by atoms with Crippen molar-refractivity contribution in [2.24, 2.45) is 10.1 Å². The number of rotatable bonds is 7. The predicted molar refractivity (Wildman–Crippen MR) is 121 cm³/mol. The van der Waals surface area contributed by atoms with E-state index in [0.29, 0.717) is 34.7 Å². The van der Waals surface area contributed by atoms with E-state index in [2.05, 4.69) is 21.8 Å². The normalized spacial score (nSPS) is 16.6. The molecule has 3 heterocycles. The van der Waals surface area contributed by atoms with Gasteiger partial charge in [0, 0.05) is 18.7 Å². The summed E-state index contributed by atoms with van der Waals surface area (Å²) < 4.78 is 13.3. The number of aliphatic imine (C=N–C) groups is 1. The number of ether oxygens (including phenoxy) is 2. The van der Waals surface area contributed by atoms with Gasteiger partial charge in [-0.1, -0.05) is 23.4 Å². The van der Waals surface area contributed by atoms with Gasteiger partial charge in [-0.2, -0.15) is 5.10 Å². The Hall–Kier alpha value is -3.62. The van der Waals surface area contributed by atoms with Gasteiger partial charge in [0.15, 0.2) is 22.5 Å². The Morgan fingerprint density at radius 3 is 2.52 bits per heavy atom. The molecule has 4 rings (SSSR count). The molecule has 1 unspecified atom stereocenters. The van der Waals surface area contributed by atoms with Crippen LogP contribution in [-0.4, -0.2) is 51.6 Å².